The molecule has 0 aliphatic heterocycles. The molecule has 4 heteroatoms. The van der Waals surface area contributed by atoms with Gasteiger partial charge in [0.15, 0.2) is 11.5 Å². The molecule has 0 aliphatic carbocycles. The highest BCUT2D eigenvalue weighted by Crippen LogP contribution is 2.34. The van der Waals surface area contributed by atoms with Gasteiger partial charge in [-0.25, -0.2) is 0 Å². The summed E-state index contributed by atoms with van der Waals surface area (Å²) in [5.74, 6) is -0.482. The van der Waals surface area contributed by atoms with E-state index >= 15 is 0 Å². The Morgan fingerprint density at radius 3 is 2.11 bits per heavy atom. The fourth-order valence-corrected chi connectivity index (χ4v) is 1.84. The summed E-state index contributed by atoms with van der Waals surface area (Å²) < 4.78 is 0. The van der Waals surface area contributed by atoms with Crippen LogP contribution in [0.1, 0.15) is 11.1 Å². The molecule has 4 nitrogen and oxygen atoms in total. The molecule has 2 aromatic rings. The normalized spacial score (nSPS) is 10.4. The third-order valence-corrected chi connectivity index (χ3v) is 2.81. The highest BCUT2D eigenvalue weighted by atomic mass is 16.3. The molecule has 0 saturated heterocycles. The minimum atomic E-state index is -0.345. The van der Waals surface area contributed by atoms with Gasteiger partial charge in [0.25, 0.3) is 0 Å². The SMILES string of the molecule is Oc1cc(O)c(O)c(CCc2ccccc2O)c1. The van der Waals surface area contributed by atoms with E-state index in [4.69, 9.17) is 0 Å². The maximum atomic E-state index is 9.65. The number of rotatable bonds is 3. The molecule has 18 heavy (non-hydrogen) atoms. The summed E-state index contributed by atoms with van der Waals surface area (Å²) in [6, 6.07) is 9.41. The van der Waals surface area contributed by atoms with Crippen LogP contribution in [-0.4, -0.2) is 20.4 Å². The van der Waals surface area contributed by atoms with Crippen molar-refractivity contribution in [3.8, 4) is 23.0 Å². The molecule has 0 fully saturated rings. The Kier molecular flexibility index (Phi) is 3.28. The van der Waals surface area contributed by atoms with E-state index in [1.165, 1.54) is 6.07 Å². The van der Waals surface area contributed by atoms with Gasteiger partial charge in [-0.3, -0.25) is 0 Å². The average Bonchev–Trinajstić information content (AvgIpc) is 2.33. The number of phenols is 4. The third-order valence-electron chi connectivity index (χ3n) is 2.81. The number of phenolic OH excluding ortho intramolecular Hbond substituents is 4. The fourth-order valence-electron chi connectivity index (χ4n) is 1.84. The lowest BCUT2D eigenvalue weighted by Crippen LogP contribution is -1.92. The first-order valence-corrected chi connectivity index (χ1v) is 5.58. The standard InChI is InChI=1S/C14H14O4/c15-11-7-10(14(18)13(17)8-11)6-5-9-3-1-2-4-12(9)16/h1-4,7-8,15-18H,5-6H2. The summed E-state index contributed by atoms with van der Waals surface area (Å²) in [6.45, 7) is 0. The largest absolute Gasteiger partial charge is 0.508 e. The monoisotopic (exact) mass is 246 g/mol. The summed E-state index contributed by atoms with van der Waals surface area (Å²) in [6.07, 6.45) is 0.911. The zero-order valence-electron chi connectivity index (χ0n) is 9.67. The summed E-state index contributed by atoms with van der Waals surface area (Å²) in [7, 11) is 0. The van der Waals surface area contributed by atoms with Crippen LogP contribution in [0.5, 0.6) is 23.0 Å². The van der Waals surface area contributed by atoms with E-state index in [0.717, 1.165) is 11.6 Å². The lowest BCUT2D eigenvalue weighted by atomic mass is 10.0. The number of aromatic hydroxyl groups is 4. The molecular formula is C14H14O4. The van der Waals surface area contributed by atoms with Crippen LogP contribution in [0.25, 0.3) is 0 Å². The van der Waals surface area contributed by atoms with E-state index in [1.54, 1.807) is 18.2 Å². The van der Waals surface area contributed by atoms with Gasteiger partial charge >= 0.3 is 0 Å². The van der Waals surface area contributed by atoms with Gasteiger partial charge in [-0.15, -0.1) is 0 Å². The quantitative estimate of drug-likeness (QED) is 0.495. The van der Waals surface area contributed by atoms with Gasteiger partial charge in [-0.05, 0) is 30.5 Å². The summed E-state index contributed by atoms with van der Waals surface area (Å²) in [5.41, 5.74) is 1.19. The predicted molar refractivity (Wildman–Crippen MR) is 67.0 cm³/mol. The van der Waals surface area contributed by atoms with E-state index in [-0.39, 0.29) is 23.0 Å². The lowest BCUT2D eigenvalue weighted by Gasteiger charge is -2.08. The van der Waals surface area contributed by atoms with Gasteiger partial charge in [0.05, 0.1) is 0 Å². The van der Waals surface area contributed by atoms with Crippen LogP contribution in [0.15, 0.2) is 36.4 Å². The molecule has 2 rings (SSSR count). The molecule has 0 aliphatic rings. The van der Waals surface area contributed by atoms with E-state index in [9.17, 15) is 20.4 Å². The number of hydrogen-bond donors (Lipinski definition) is 4. The van der Waals surface area contributed by atoms with Gasteiger partial charge in [0.2, 0.25) is 0 Å². The van der Waals surface area contributed by atoms with Crippen LogP contribution in [0.3, 0.4) is 0 Å². The molecule has 94 valence electrons. The van der Waals surface area contributed by atoms with Gasteiger partial charge in [0.1, 0.15) is 11.5 Å². The van der Waals surface area contributed by atoms with Gasteiger partial charge in [-0.1, -0.05) is 18.2 Å². The molecule has 2 aromatic carbocycles. The fraction of sp³-hybridized carbons (Fsp3) is 0.143. The Balaban J connectivity index is 2.18. The van der Waals surface area contributed by atoms with E-state index < -0.39 is 0 Å². The molecule has 0 radical (unpaired) electrons. The summed E-state index contributed by atoms with van der Waals surface area (Å²) >= 11 is 0. The molecule has 0 atom stereocenters. The molecule has 4 N–H and O–H groups in total. The van der Waals surface area contributed by atoms with Gasteiger partial charge in [0, 0.05) is 11.6 Å². The average molecular weight is 246 g/mol. The van der Waals surface area contributed by atoms with Crippen LogP contribution in [0.2, 0.25) is 0 Å². The Morgan fingerprint density at radius 2 is 1.39 bits per heavy atom. The molecule has 0 heterocycles. The van der Waals surface area contributed by atoms with Crippen molar-refractivity contribution in [2.24, 2.45) is 0 Å². The van der Waals surface area contributed by atoms with Gasteiger partial charge < -0.3 is 20.4 Å². The molecule has 0 unspecified atom stereocenters. The summed E-state index contributed by atoms with van der Waals surface area (Å²) in [5, 5.41) is 38.0. The first-order valence-electron chi connectivity index (χ1n) is 5.58. The minimum absolute atomic E-state index is 0.0995. The minimum Gasteiger partial charge on any atom is -0.508 e. The van der Waals surface area contributed by atoms with E-state index in [1.807, 2.05) is 6.07 Å². The molecule has 0 spiro atoms. The Morgan fingerprint density at radius 1 is 0.722 bits per heavy atom. The van der Waals surface area contributed by atoms with Crippen molar-refractivity contribution in [2.45, 2.75) is 12.8 Å². The zero-order valence-corrected chi connectivity index (χ0v) is 9.67. The number of aryl methyl sites for hydroxylation is 2. The number of benzene rings is 2. The molecule has 0 amide bonds. The van der Waals surface area contributed by atoms with Crippen LogP contribution in [0, 0.1) is 0 Å². The zero-order chi connectivity index (χ0) is 13.1. The first kappa shape index (κ1) is 12.1. The maximum absolute atomic E-state index is 9.65. The van der Waals surface area contributed by atoms with Crippen LogP contribution in [0.4, 0.5) is 0 Å². The smallest absolute Gasteiger partial charge is 0.161 e. The Labute approximate surface area is 104 Å². The Hall–Kier alpha value is -2.36. The maximum Gasteiger partial charge on any atom is 0.161 e. The van der Waals surface area contributed by atoms with Crippen molar-refractivity contribution < 1.29 is 20.4 Å². The molecule has 0 bridgehead atoms. The van der Waals surface area contributed by atoms with Crippen molar-refractivity contribution in [1.82, 2.24) is 0 Å². The van der Waals surface area contributed by atoms with E-state index in [2.05, 4.69) is 0 Å². The lowest BCUT2D eigenvalue weighted by molar-refractivity contribution is 0.391. The molecular weight excluding hydrogens is 232 g/mol. The van der Waals surface area contributed by atoms with Crippen molar-refractivity contribution in [2.75, 3.05) is 0 Å². The first-order chi connectivity index (χ1) is 8.58. The van der Waals surface area contributed by atoms with Crippen molar-refractivity contribution in [1.29, 1.82) is 0 Å². The van der Waals surface area contributed by atoms with Crippen LogP contribution in [-0.2, 0) is 12.8 Å². The van der Waals surface area contributed by atoms with Crippen LogP contribution < -0.4 is 0 Å². The predicted octanol–water partition coefficient (Wildman–Crippen LogP) is 2.29. The third kappa shape index (κ3) is 2.48. The van der Waals surface area contributed by atoms with Gasteiger partial charge in [-0.2, -0.15) is 0 Å². The highest BCUT2D eigenvalue weighted by molar-refractivity contribution is 5.50. The van der Waals surface area contributed by atoms with E-state index in [0.29, 0.717) is 18.4 Å². The highest BCUT2D eigenvalue weighted by Gasteiger charge is 2.10. The van der Waals surface area contributed by atoms with Crippen molar-refractivity contribution >= 4 is 0 Å². The second kappa shape index (κ2) is 4.87. The van der Waals surface area contributed by atoms with Crippen LogP contribution >= 0.6 is 0 Å². The molecule has 0 aromatic heterocycles. The second-order valence-corrected chi connectivity index (χ2v) is 4.10. The number of hydrogen-bond acceptors (Lipinski definition) is 4. The Bertz CT molecular complexity index is 564. The summed E-state index contributed by atoms with van der Waals surface area (Å²) in [4.78, 5) is 0. The second-order valence-electron chi connectivity index (χ2n) is 4.10. The topological polar surface area (TPSA) is 80.9 Å². The van der Waals surface area contributed by atoms with Crippen molar-refractivity contribution in [3.05, 3.63) is 47.5 Å². The molecule has 0 saturated carbocycles. The van der Waals surface area contributed by atoms with Crippen molar-refractivity contribution in [3.63, 3.8) is 0 Å². The number of para-hydroxylation sites is 1.